The largest absolute Gasteiger partial charge is 0.464 e. The molecule has 2 aromatic heterocycles. The molecule has 2 aliphatic rings. The molecule has 0 bridgehead atoms. The van der Waals surface area contributed by atoms with Gasteiger partial charge in [-0.25, -0.2) is 14.8 Å². The molecule has 8 heteroatoms. The van der Waals surface area contributed by atoms with Crippen LogP contribution in [0, 0.1) is 0 Å². The van der Waals surface area contributed by atoms with Crippen molar-refractivity contribution >= 4 is 5.97 Å². The molecular weight excluding hydrogens is 452 g/mol. The highest BCUT2D eigenvalue weighted by molar-refractivity contribution is 5.94. The first-order valence-corrected chi connectivity index (χ1v) is 12.6. The number of carbonyl (C=O) groups is 1. The number of rotatable bonds is 6. The predicted molar refractivity (Wildman–Crippen MR) is 138 cm³/mol. The first-order chi connectivity index (χ1) is 17.7. The Labute approximate surface area is 209 Å². The Bertz CT molecular complexity index is 1340. The Balaban J connectivity index is 1.22. The van der Waals surface area contributed by atoms with Crippen molar-refractivity contribution < 1.29 is 9.53 Å². The van der Waals surface area contributed by atoms with E-state index in [1.807, 2.05) is 18.3 Å². The van der Waals surface area contributed by atoms with Crippen LogP contribution in [0.3, 0.4) is 0 Å². The van der Waals surface area contributed by atoms with Gasteiger partial charge in [-0.05, 0) is 55.5 Å². The summed E-state index contributed by atoms with van der Waals surface area (Å²) in [5.41, 5.74) is 6.25. The van der Waals surface area contributed by atoms with Gasteiger partial charge in [-0.3, -0.25) is 0 Å². The number of hydrogen-bond acceptors (Lipinski definition) is 6. The third-order valence-electron chi connectivity index (χ3n) is 7.18. The molecule has 0 saturated carbocycles. The third kappa shape index (κ3) is 4.34. The summed E-state index contributed by atoms with van der Waals surface area (Å²) in [4.78, 5) is 28.5. The second-order valence-corrected chi connectivity index (χ2v) is 9.47. The van der Waals surface area contributed by atoms with E-state index in [1.165, 1.54) is 13.5 Å². The van der Waals surface area contributed by atoms with Crippen LogP contribution in [0.25, 0.3) is 33.6 Å². The van der Waals surface area contributed by atoms with E-state index in [-0.39, 0.29) is 6.04 Å². The highest BCUT2D eigenvalue weighted by atomic mass is 16.5. The van der Waals surface area contributed by atoms with Gasteiger partial charge in [-0.1, -0.05) is 48.5 Å². The Morgan fingerprint density at radius 1 is 0.806 bits per heavy atom. The fraction of sp³-hybridized carbons (Fsp3) is 0.321. The fourth-order valence-electron chi connectivity index (χ4n) is 5.17. The van der Waals surface area contributed by atoms with Crippen molar-refractivity contribution in [1.82, 2.24) is 30.6 Å². The third-order valence-corrected chi connectivity index (χ3v) is 7.18. The number of ether oxygens (including phenoxy) is 1. The van der Waals surface area contributed by atoms with E-state index in [2.05, 4.69) is 62.0 Å². The molecule has 6 rings (SSSR count). The fourth-order valence-corrected chi connectivity index (χ4v) is 5.17. The van der Waals surface area contributed by atoms with Gasteiger partial charge in [-0.2, -0.15) is 0 Å². The zero-order chi connectivity index (χ0) is 24.5. The normalized spacial score (nSPS) is 19.6. The van der Waals surface area contributed by atoms with Crippen LogP contribution in [0.1, 0.15) is 59.9 Å². The summed E-state index contributed by atoms with van der Waals surface area (Å²) in [5.74, 6) is 1.39. The minimum absolute atomic E-state index is 0.139. The molecule has 4 heterocycles. The van der Waals surface area contributed by atoms with Crippen molar-refractivity contribution in [2.24, 2.45) is 0 Å². The second-order valence-electron chi connectivity index (χ2n) is 9.47. The number of methoxy groups -OCH3 is 1. The zero-order valence-electron chi connectivity index (χ0n) is 20.3. The number of carbonyl (C=O) groups excluding carboxylic acids is 1. The van der Waals surface area contributed by atoms with Gasteiger partial charge >= 0.3 is 5.97 Å². The Morgan fingerprint density at radius 2 is 1.39 bits per heavy atom. The summed E-state index contributed by atoms with van der Waals surface area (Å²) < 4.78 is 5.00. The van der Waals surface area contributed by atoms with Crippen molar-refractivity contribution in [3.8, 4) is 33.6 Å². The van der Waals surface area contributed by atoms with Crippen LogP contribution in [0.4, 0.5) is 0 Å². The zero-order valence-corrected chi connectivity index (χ0v) is 20.3. The molecule has 4 N–H and O–H groups in total. The summed E-state index contributed by atoms with van der Waals surface area (Å²) in [6, 6.07) is 17.1. The van der Waals surface area contributed by atoms with Gasteiger partial charge in [0, 0.05) is 5.56 Å². The molecule has 0 aliphatic carbocycles. The topological polar surface area (TPSA) is 108 Å². The maximum Gasteiger partial charge on any atom is 0.356 e. The minimum atomic E-state index is -0.410. The number of imidazole rings is 2. The van der Waals surface area contributed by atoms with Crippen LogP contribution >= 0.6 is 0 Å². The summed E-state index contributed by atoms with van der Waals surface area (Å²) in [6.45, 7) is 2.01. The number of nitrogens with zero attached hydrogens (tertiary/aromatic N) is 2. The van der Waals surface area contributed by atoms with Crippen LogP contribution in [0.15, 0.2) is 54.7 Å². The van der Waals surface area contributed by atoms with Gasteiger partial charge in [0.2, 0.25) is 0 Å². The van der Waals surface area contributed by atoms with E-state index < -0.39 is 5.97 Å². The van der Waals surface area contributed by atoms with Crippen molar-refractivity contribution in [3.63, 3.8) is 0 Å². The van der Waals surface area contributed by atoms with Crippen molar-refractivity contribution in [3.05, 3.63) is 72.1 Å². The number of nitrogens with one attached hydrogen (secondary N) is 4. The Kier molecular flexibility index (Phi) is 6.13. The maximum atomic E-state index is 12.4. The summed E-state index contributed by atoms with van der Waals surface area (Å²) in [5, 5.41) is 6.91. The number of hydrogen-bond donors (Lipinski definition) is 4. The summed E-state index contributed by atoms with van der Waals surface area (Å²) in [7, 11) is 1.39. The van der Waals surface area contributed by atoms with E-state index in [0.29, 0.717) is 17.4 Å². The van der Waals surface area contributed by atoms with Crippen LogP contribution in [-0.2, 0) is 4.74 Å². The molecule has 2 fully saturated rings. The monoisotopic (exact) mass is 482 g/mol. The van der Waals surface area contributed by atoms with Gasteiger partial charge in [-0.15, -0.1) is 0 Å². The number of esters is 1. The molecule has 2 aromatic carbocycles. The average molecular weight is 483 g/mol. The second kappa shape index (κ2) is 9.72. The molecule has 0 amide bonds. The molecule has 184 valence electrons. The van der Waals surface area contributed by atoms with Crippen molar-refractivity contribution in [2.45, 2.75) is 37.8 Å². The lowest BCUT2D eigenvalue weighted by atomic mass is 10.0. The van der Waals surface area contributed by atoms with Crippen molar-refractivity contribution in [1.29, 1.82) is 0 Å². The number of H-pyrrole nitrogens is 2. The highest BCUT2D eigenvalue weighted by Crippen LogP contribution is 2.31. The van der Waals surface area contributed by atoms with Crippen LogP contribution in [0.2, 0.25) is 0 Å². The molecule has 8 nitrogen and oxygen atoms in total. The van der Waals surface area contributed by atoms with Gasteiger partial charge in [0.25, 0.3) is 0 Å². The lowest BCUT2D eigenvalue weighted by molar-refractivity contribution is 0.0595. The van der Waals surface area contributed by atoms with E-state index in [1.54, 1.807) is 0 Å². The summed E-state index contributed by atoms with van der Waals surface area (Å²) in [6.07, 6.45) is 6.33. The molecule has 2 aliphatic heterocycles. The van der Waals surface area contributed by atoms with Gasteiger partial charge in [0.05, 0.1) is 31.1 Å². The molecule has 0 unspecified atom stereocenters. The molecule has 4 aromatic rings. The van der Waals surface area contributed by atoms with Gasteiger partial charge in [0.15, 0.2) is 5.69 Å². The first-order valence-electron chi connectivity index (χ1n) is 12.6. The molecule has 0 radical (unpaired) electrons. The number of aromatic nitrogens is 4. The molecular formula is C28H30N6O2. The molecule has 2 atom stereocenters. The lowest BCUT2D eigenvalue weighted by Gasteiger charge is -2.07. The molecule has 36 heavy (non-hydrogen) atoms. The number of aromatic amines is 2. The lowest BCUT2D eigenvalue weighted by Crippen LogP contribution is -2.14. The van der Waals surface area contributed by atoms with E-state index in [0.717, 1.165) is 71.9 Å². The predicted octanol–water partition coefficient (Wildman–Crippen LogP) is 4.77. The first kappa shape index (κ1) is 22.7. The van der Waals surface area contributed by atoms with E-state index in [4.69, 9.17) is 9.72 Å². The van der Waals surface area contributed by atoms with E-state index >= 15 is 0 Å². The molecule has 2 saturated heterocycles. The van der Waals surface area contributed by atoms with Crippen LogP contribution in [-0.4, -0.2) is 46.1 Å². The smallest absolute Gasteiger partial charge is 0.356 e. The van der Waals surface area contributed by atoms with Gasteiger partial charge in [0.1, 0.15) is 17.3 Å². The average Bonchev–Trinajstić information content (AvgIpc) is 3.74. The van der Waals surface area contributed by atoms with Gasteiger partial charge < -0.3 is 25.3 Å². The number of benzene rings is 2. The quantitative estimate of drug-likeness (QED) is 0.295. The standard InChI is InChI=1S/C28H30N6O2/c1-36-28(35)25-24(33-27(34-25)22-5-3-15-30-22)20-12-8-18(9-13-20)17-6-10-19(11-7-17)23-16-31-26(32-23)21-4-2-14-29-21/h6-13,16,21-22,29-30H,2-5,14-15H2,1H3,(H,31,32)(H,33,34)/t21-,22-/m0/s1. The van der Waals surface area contributed by atoms with Crippen LogP contribution < -0.4 is 10.6 Å². The maximum absolute atomic E-state index is 12.4. The Hall–Kier alpha value is -3.75. The Morgan fingerprint density at radius 3 is 1.97 bits per heavy atom. The van der Waals surface area contributed by atoms with E-state index in [9.17, 15) is 4.79 Å². The highest BCUT2D eigenvalue weighted by Gasteiger charge is 2.25. The summed E-state index contributed by atoms with van der Waals surface area (Å²) >= 11 is 0. The van der Waals surface area contributed by atoms with Crippen LogP contribution in [0.5, 0.6) is 0 Å². The SMILES string of the molecule is COC(=O)c1[nH]c([C@@H]2CCCN2)nc1-c1ccc(-c2ccc(-c3cnc([C@@H]4CCCN4)[nH]3)cc2)cc1. The minimum Gasteiger partial charge on any atom is -0.464 e. The van der Waals surface area contributed by atoms with Crippen molar-refractivity contribution in [2.75, 3.05) is 20.2 Å². The molecule has 0 spiro atoms.